The summed E-state index contributed by atoms with van der Waals surface area (Å²) in [5.41, 5.74) is 6.79. The molecule has 110 valence electrons. The Hall–Kier alpha value is -1.88. The van der Waals surface area contributed by atoms with E-state index >= 15 is 0 Å². The number of rotatable bonds is 6. The standard InChI is InChI=1S/C15H23N3O2/c1-4-15(16,5-2)14(20)18-12-8-6-11(7-9-12)10-13(19)17-3/h6-9H,4-5,10,16H2,1-3H3,(H,17,19)(H,18,20). The van der Waals surface area contributed by atoms with Gasteiger partial charge in [0, 0.05) is 12.7 Å². The van der Waals surface area contributed by atoms with Crippen LogP contribution in [0.15, 0.2) is 24.3 Å². The Bertz CT molecular complexity index is 465. The number of likely N-dealkylation sites (N-methyl/N-ethyl adjacent to an activating group) is 1. The van der Waals surface area contributed by atoms with Gasteiger partial charge in [-0.3, -0.25) is 9.59 Å². The van der Waals surface area contributed by atoms with E-state index in [0.717, 1.165) is 5.56 Å². The second kappa shape index (κ2) is 7.05. The molecule has 20 heavy (non-hydrogen) atoms. The summed E-state index contributed by atoms with van der Waals surface area (Å²) in [6.07, 6.45) is 1.50. The fourth-order valence-corrected chi connectivity index (χ4v) is 1.81. The van der Waals surface area contributed by atoms with Gasteiger partial charge in [-0.2, -0.15) is 0 Å². The molecule has 0 spiro atoms. The van der Waals surface area contributed by atoms with Gasteiger partial charge < -0.3 is 16.4 Å². The predicted molar refractivity (Wildman–Crippen MR) is 80.3 cm³/mol. The number of anilines is 1. The average molecular weight is 277 g/mol. The fraction of sp³-hybridized carbons (Fsp3) is 0.467. The van der Waals surface area contributed by atoms with Crippen molar-refractivity contribution in [1.82, 2.24) is 5.32 Å². The first-order chi connectivity index (χ1) is 9.45. The number of benzene rings is 1. The Balaban J connectivity index is 2.70. The summed E-state index contributed by atoms with van der Waals surface area (Å²) >= 11 is 0. The normalized spacial score (nSPS) is 11.0. The third-order valence-corrected chi connectivity index (χ3v) is 3.57. The molecular formula is C15H23N3O2. The molecule has 1 rings (SSSR count). The van der Waals surface area contributed by atoms with Crippen LogP contribution in [0.1, 0.15) is 32.3 Å². The number of hydrogen-bond donors (Lipinski definition) is 3. The third kappa shape index (κ3) is 4.06. The minimum Gasteiger partial charge on any atom is -0.359 e. The molecule has 0 saturated heterocycles. The van der Waals surface area contributed by atoms with Crippen molar-refractivity contribution in [2.24, 2.45) is 5.73 Å². The van der Waals surface area contributed by atoms with Crippen molar-refractivity contribution in [3.05, 3.63) is 29.8 Å². The molecule has 0 fully saturated rings. The lowest BCUT2D eigenvalue weighted by Gasteiger charge is -2.25. The van der Waals surface area contributed by atoms with E-state index in [2.05, 4.69) is 10.6 Å². The van der Waals surface area contributed by atoms with Gasteiger partial charge in [0.15, 0.2) is 0 Å². The maximum atomic E-state index is 12.1. The van der Waals surface area contributed by atoms with Gasteiger partial charge in [-0.15, -0.1) is 0 Å². The molecule has 0 aromatic heterocycles. The fourth-order valence-electron chi connectivity index (χ4n) is 1.81. The lowest BCUT2D eigenvalue weighted by molar-refractivity contribution is -0.121. The molecule has 0 atom stereocenters. The second-order valence-corrected chi connectivity index (χ2v) is 4.86. The highest BCUT2D eigenvalue weighted by molar-refractivity contribution is 5.97. The van der Waals surface area contributed by atoms with E-state index in [9.17, 15) is 9.59 Å². The molecule has 0 saturated carbocycles. The van der Waals surface area contributed by atoms with E-state index in [1.54, 1.807) is 19.2 Å². The minimum atomic E-state index is -0.833. The molecule has 0 aliphatic rings. The second-order valence-electron chi connectivity index (χ2n) is 4.86. The van der Waals surface area contributed by atoms with Gasteiger partial charge in [-0.25, -0.2) is 0 Å². The van der Waals surface area contributed by atoms with E-state index in [0.29, 0.717) is 24.9 Å². The number of hydrogen-bond acceptors (Lipinski definition) is 3. The SMILES string of the molecule is CCC(N)(CC)C(=O)Nc1ccc(CC(=O)NC)cc1. The first kappa shape index (κ1) is 16.2. The maximum absolute atomic E-state index is 12.1. The molecule has 5 heteroatoms. The van der Waals surface area contributed by atoms with Crippen LogP contribution in [0, 0.1) is 0 Å². The maximum Gasteiger partial charge on any atom is 0.244 e. The smallest absolute Gasteiger partial charge is 0.244 e. The first-order valence-corrected chi connectivity index (χ1v) is 6.85. The van der Waals surface area contributed by atoms with Gasteiger partial charge in [0.1, 0.15) is 0 Å². The Morgan fingerprint density at radius 3 is 2.15 bits per heavy atom. The summed E-state index contributed by atoms with van der Waals surface area (Å²) in [5.74, 6) is -0.221. The van der Waals surface area contributed by atoms with Gasteiger partial charge in [0.25, 0.3) is 0 Å². The summed E-state index contributed by atoms with van der Waals surface area (Å²) in [7, 11) is 1.60. The zero-order valence-electron chi connectivity index (χ0n) is 12.3. The molecule has 1 aromatic rings. The third-order valence-electron chi connectivity index (χ3n) is 3.57. The molecule has 5 nitrogen and oxygen atoms in total. The van der Waals surface area contributed by atoms with Crippen molar-refractivity contribution in [2.75, 3.05) is 12.4 Å². The molecule has 0 heterocycles. The van der Waals surface area contributed by atoms with Gasteiger partial charge in [0.05, 0.1) is 12.0 Å². The molecule has 1 aromatic carbocycles. The van der Waals surface area contributed by atoms with Gasteiger partial charge >= 0.3 is 0 Å². The Morgan fingerprint density at radius 2 is 1.70 bits per heavy atom. The molecule has 0 aliphatic heterocycles. The quantitative estimate of drug-likeness (QED) is 0.735. The number of carbonyl (C=O) groups is 2. The summed E-state index contributed by atoms with van der Waals surface area (Å²) in [5, 5.41) is 5.38. The molecule has 0 bridgehead atoms. The lowest BCUT2D eigenvalue weighted by Crippen LogP contribution is -2.50. The van der Waals surface area contributed by atoms with Crippen molar-refractivity contribution >= 4 is 17.5 Å². The molecule has 2 amide bonds. The zero-order valence-corrected chi connectivity index (χ0v) is 12.3. The Morgan fingerprint density at radius 1 is 1.15 bits per heavy atom. The van der Waals surface area contributed by atoms with E-state index in [4.69, 9.17) is 5.73 Å². The minimum absolute atomic E-state index is 0.0419. The summed E-state index contributed by atoms with van der Waals surface area (Å²) < 4.78 is 0. The predicted octanol–water partition coefficient (Wildman–Crippen LogP) is 1.43. The summed E-state index contributed by atoms with van der Waals surface area (Å²) in [4.78, 5) is 23.4. The highest BCUT2D eigenvalue weighted by Gasteiger charge is 2.29. The Kier molecular flexibility index (Phi) is 5.70. The van der Waals surface area contributed by atoms with Crippen molar-refractivity contribution in [3.8, 4) is 0 Å². The van der Waals surface area contributed by atoms with Gasteiger partial charge in [-0.1, -0.05) is 26.0 Å². The Labute approximate surface area is 119 Å². The summed E-state index contributed by atoms with van der Waals surface area (Å²) in [6.45, 7) is 3.80. The van der Waals surface area contributed by atoms with Crippen LogP contribution in [0.5, 0.6) is 0 Å². The first-order valence-electron chi connectivity index (χ1n) is 6.85. The van der Waals surface area contributed by atoms with Crippen LogP contribution in [-0.4, -0.2) is 24.4 Å². The monoisotopic (exact) mass is 277 g/mol. The molecule has 4 N–H and O–H groups in total. The molecule has 0 aliphatic carbocycles. The van der Waals surface area contributed by atoms with Crippen LogP contribution in [0.4, 0.5) is 5.69 Å². The highest BCUT2D eigenvalue weighted by atomic mass is 16.2. The molecular weight excluding hydrogens is 254 g/mol. The number of nitrogens with one attached hydrogen (secondary N) is 2. The highest BCUT2D eigenvalue weighted by Crippen LogP contribution is 2.16. The van der Waals surface area contributed by atoms with Crippen LogP contribution in [-0.2, 0) is 16.0 Å². The van der Waals surface area contributed by atoms with Crippen molar-refractivity contribution in [2.45, 2.75) is 38.6 Å². The van der Waals surface area contributed by atoms with Crippen LogP contribution in [0.25, 0.3) is 0 Å². The zero-order chi connectivity index (χ0) is 15.2. The molecule has 0 radical (unpaired) electrons. The van der Waals surface area contributed by atoms with E-state index in [1.165, 1.54) is 0 Å². The molecule has 0 unspecified atom stereocenters. The lowest BCUT2D eigenvalue weighted by atomic mass is 9.93. The van der Waals surface area contributed by atoms with E-state index in [-0.39, 0.29) is 11.8 Å². The van der Waals surface area contributed by atoms with Crippen LogP contribution in [0.3, 0.4) is 0 Å². The van der Waals surface area contributed by atoms with Crippen molar-refractivity contribution in [1.29, 1.82) is 0 Å². The van der Waals surface area contributed by atoms with E-state index < -0.39 is 5.54 Å². The average Bonchev–Trinajstić information content (AvgIpc) is 2.48. The largest absolute Gasteiger partial charge is 0.359 e. The van der Waals surface area contributed by atoms with Gasteiger partial charge in [0.2, 0.25) is 11.8 Å². The van der Waals surface area contributed by atoms with Crippen molar-refractivity contribution < 1.29 is 9.59 Å². The summed E-state index contributed by atoms with van der Waals surface area (Å²) in [6, 6.07) is 7.20. The number of nitrogens with two attached hydrogens (primary N) is 1. The van der Waals surface area contributed by atoms with E-state index in [1.807, 2.05) is 26.0 Å². The van der Waals surface area contributed by atoms with Crippen LogP contribution in [0.2, 0.25) is 0 Å². The van der Waals surface area contributed by atoms with Crippen molar-refractivity contribution in [3.63, 3.8) is 0 Å². The topological polar surface area (TPSA) is 84.2 Å². The van der Waals surface area contributed by atoms with Gasteiger partial charge in [-0.05, 0) is 30.5 Å². The van der Waals surface area contributed by atoms with Crippen LogP contribution < -0.4 is 16.4 Å². The number of amides is 2. The van der Waals surface area contributed by atoms with Crippen LogP contribution >= 0.6 is 0 Å². The number of carbonyl (C=O) groups excluding carboxylic acids is 2.